The molecule has 7 nitrogen and oxygen atoms in total. The third kappa shape index (κ3) is 2.51. The predicted molar refractivity (Wildman–Crippen MR) is 95.3 cm³/mol. The summed E-state index contributed by atoms with van der Waals surface area (Å²) in [5, 5.41) is 15.2. The van der Waals surface area contributed by atoms with E-state index in [1.54, 1.807) is 25.3 Å². The lowest BCUT2D eigenvalue weighted by atomic mass is 10.0. The molecule has 0 saturated carbocycles. The largest absolute Gasteiger partial charge is 0.478 e. The second-order valence-electron chi connectivity index (χ2n) is 6.86. The minimum atomic E-state index is -0.968. The topological polar surface area (TPSA) is 91.2 Å². The molecule has 130 valence electrons. The molecule has 0 radical (unpaired) electrons. The van der Waals surface area contributed by atoms with E-state index in [1.807, 2.05) is 4.68 Å². The lowest BCUT2D eigenvalue weighted by Gasteiger charge is -2.29. The number of aromatic carboxylic acids is 1. The number of benzene rings is 1. The summed E-state index contributed by atoms with van der Waals surface area (Å²) < 4.78 is 1.92. The number of aromatic amines is 1. The number of fused-ring (bicyclic) bond motifs is 3. The SMILES string of the molecule is Cc1cc2[nH]c(=O)c3cnn(C4CCN(C)CC4)c3c2cc1C(=O)O. The molecular formula is C18H20N4O3. The summed E-state index contributed by atoms with van der Waals surface area (Å²) in [5.41, 5.74) is 2.06. The van der Waals surface area contributed by atoms with Crippen LogP contribution in [0.5, 0.6) is 0 Å². The van der Waals surface area contributed by atoms with Crippen LogP contribution in [-0.4, -0.2) is 50.9 Å². The van der Waals surface area contributed by atoms with E-state index in [1.165, 1.54) is 0 Å². The molecule has 0 amide bonds. The van der Waals surface area contributed by atoms with Crippen LogP contribution in [0.3, 0.4) is 0 Å². The number of hydrogen-bond donors (Lipinski definition) is 2. The van der Waals surface area contributed by atoms with E-state index in [2.05, 4.69) is 22.0 Å². The highest BCUT2D eigenvalue weighted by Crippen LogP contribution is 2.30. The second kappa shape index (κ2) is 5.70. The standard InChI is InChI=1S/C18H20N4O3/c1-10-7-15-13(8-12(10)18(24)25)16-14(17(23)20-15)9-19-22(16)11-3-5-21(2)6-4-11/h7-9,11H,3-6H2,1-2H3,(H,20,23)(H,24,25). The van der Waals surface area contributed by atoms with Gasteiger partial charge in [0.2, 0.25) is 0 Å². The van der Waals surface area contributed by atoms with Gasteiger partial charge in [-0.25, -0.2) is 4.79 Å². The zero-order chi connectivity index (χ0) is 17.7. The summed E-state index contributed by atoms with van der Waals surface area (Å²) in [6.45, 7) is 3.69. The highest BCUT2D eigenvalue weighted by atomic mass is 16.4. The molecule has 0 atom stereocenters. The molecule has 0 spiro atoms. The number of rotatable bonds is 2. The Labute approximate surface area is 143 Å². The summed E-state index contributed by atoms with van der Waals surface area (Å²) >= 11 is 0. The monoisotopic (exact) mass is 340 g/mol. The van der Waals surface area contributed by atoms with Crippen LogP contribution in [-0.2, 0) is 0 Å². The molecule has 0 aliphatic carbocycles. The number of carbonyl (C=O) groups is 1. The van der Waals surface area contributed by atoms with Gasteiger partial charge in [0.25, 0.3) is 5.56 Å². The molecule has 0 unspecified atom stereocenters. The van der Waals surface area contributed by atoms with Crippen molar-refractivity contribution in [2.24, 2.45) is 0 Å². The average Bonchev–Trinajstić information content (AvgIpc) is 3.00. The first-order valence-corrected chi connectivity index (χ1v) is 8.41. The van der Waals surface area contributed by atoms with Crippen LogP contribution in [0.4, 0.5) is 0 Å². The Balaban J connectivity index is 2.00. The minimum absolute atomic E-state index is 0.191. The fraction of sp³-hybridized carbons (Fsp3) is 0.389. The number of hydrogen-bond acceptors (Lipinski definition) is 4. The summed E-state index contributed by atoms with van der Waals surface area (Å²) in [4.78, 5) is 29.1. The molecule has 3 aromatic rings. The third-order valence-electron chi connectivity index (χ3n) is 5.17. The molecule has 1 aliphatic rings. The number of H-pyrrole nitrogens is 1. The molecule has 7 heteroatoms. The molecule has 25 heavy (non-hydrogen) atoms. The summed E-state index contributed by atoms with van der Waals surface area (Å²) in [6, 6.07) is 3.59. The molecule has 2 N–H and O–H groups in total. The van der Waals surface area contributed by atoms with Crippen molar-refractivity contribution in [1.29, 1.82) is 0 Å². The van der Waals surface area contributed by atoms with Crippen molar-refractivity contribution in [3.05, 3.63) is 39.8 Å². The predicted octanol–water partition coefficient (Wildman–Crippen LogP) is 2.15. The lowest BCUT2D eigenvalue weighted by Crippen LogP contribution is -2.31. The van der Waals surface area contributed by atoms with Crippen molar-refractivity contribution >= 4 is 27.8 Å². The van der Waals surface area contributed by atoms with Crippen molar-refractivity contribution in [3.8, 4) is 0 Å². The van der Waals surface area contributed by atoms with E-state index in [9.17, 15) is 14.7 Å². The molecule has 2 aromatic heterocycles. The summed E-state index contributed by atoms with van der Waals surface area (Å²) in [6.07, 6.45) is 3.50. The van der Waals surface area contributed by atoms with E-state index < -0.39 is 5.97 Å². The lowest BCUT2D eigenvalue weighted by molar-refractivity contribution is 0.0696. The van der Waals surface area contributed by atoms with E-state index in [0.717, 1.165) is 36.8 Å². The Hall–Kier alpha value is -2.67. The van der Waals surface area contributed by atoms with Gasteiger partial charge in [-0.15, -0.1) is 0 Å². The smallest absolute Gasteiger partial charge is 0.335 e. The number of aromatic nitrogens is 3. The quantitative estimate of drug-likeness (QED) is 0.746. The number of aryl methyl sites for hydroxylation is 1. The van der Waals surface area contributed by atoms with Crippen molar-refractivity contribution < 1.29 is 9.90 Å². The maximum atomic E-state index is 12.4. The van der Waals surface area contributed by atoms with E-state index in [4.69, 9.17) is 0 Å². The number of likely N-dealkylation sites (tertiary alicyclic amines) is 1. The van der Waals surface area contributed by atoms with Gasteiger partial charge in [0.15, 0.2) is 0 Å². The van der Waals surface area contributed by atoms with Gasteiger partial charge in [0.1, 0.15) is 0 Å². The second-order valence-corrected chi connectivity index (χ2v) is 6.86. The number of nitrogens with zero attached hydrogens (tertiary/aromatic N) is 3. The van der Waals surface area contributed by atoms with Gasteiger partial charge in [-0.05, 0) is 57.6 Å². The first kappa shape index (κ1) is 15.8. The van der Waals surface area contributed by atoms with Crippen LogP contribution in [0.2, 0.25) is 0 Å². The van der Waals surface area contributed by atoms with Crippen molar-refractivity contribution in [2.45, 2.75) is 25.8 Å². The first-order valence-electron chi connectivity index (χ1n) is 8.41. The first-order chi connectivity index (χ1) is 12.0. The Kier molecular flexibility index (Phi) is 3.61. The number of piperidine rings is 1. The Morgan fingerprint density at radius 3 is 2.68 bits per heavy atom. The van der Waals surface area contributed by atoms with Gasteiger partial charge < -0.3 is 15.0 Å². The summed E-state index contributed by atoms with van der Waals surface area (Å²) in [5.74, 6) is -0.968. The number of nitrogens with one attached hydrogen (secondary N) is 1. The Morgan fingerprint density at radius 1 is 1.28 bits per heavy atom. The van der Waals surface area contributed by atoms with E-state index >= 15 is 0 Å². The Morgan fingerprint density at radius 2 is 2.00 bits per heavy atom. The van der Waals surface area contributed by atoms with Crippen LogP contribution in [0, 0.1) is 6.92 Å². The molecule has 1 aliphatic heterocycles. The fourth-order valence-corrected chi connectivity index (χ4v) is 3.74. The molecule has 0 bridgehead atoms. The number of carboxylic acids is 1. The van der Waals surface area contributed by atoms with Gasteiger partial charge in [-0.1, -0.05) is 0 Å². The van der Waals surface area contributed by atoms with Crippen molar-refractivity contribution in [1.82, 2.24) is 19.7 Å². The van der Waals surface area contributed by atoms with Crippen LogP contribution >= 0.6 is 0 Å². The zero-order valence-electron chi connectivity index (χ0n) is 14.2. The fourth-order valence-electron chi connectivity index (χ4n) is 3.74. The molecule has 1 saturated heterocycles. The average molecular weight is 340 g/mol. The van der Waals surface area contributed by atoms with E-state index in [0.29, 0.717) is 16.5 Å². The van der Waals surface area contributed by atoms with Crippen LogP contribution < -0.4 is 5.56 Å². The summed E-state index contributed by atoms with van der Waals surface area (Å²) in [7, 11) is 2.10. The molecule has 1 aromatic carbocycles. The van der Waals surface area contributed by atoms with Crippen molar-refractivity contribution in [2.75, 3.05) is 20.1 Å². The van der Waals surface area contributed by atoms with Gasteiger partial charge in [0.05, 0.1) is 34.2 Å². The van der Waals surface area contributed by atoms with Gasteiger partial charge in [0, 0.05) is 5.39 Å². The Bertz CT molecular complexity index is 1040. The van der Waals surface area contributed by atoms with Gasteiger partial charge in [-0.3, -0.25) is 9.48 Å². The third-order valence-corrected chi connectivity index (χ3v) is 5.17. The van der Waals surface area contributed by atoms with Gasteiger partial charge >= 0.3 is 5.97 Å². The van der Waals surface area contributed by atoms with Crippen molar-refractivity contribution in [3.63, 3.8) is 0 Å². The zero-order valence-corrected chi connectivity index (χ0v) is 14.2. The molecule has 1 fully saturated rings. The number of carboxylic acid groups (broad SMARTS) is 1. The normalized spacial score (nSPS) is 16.7. The number of pyridine rings is 1. The van der Waals surface area contributed by atoms with Crippen LogP contribution in [0.25, 0.3) is 21.8 Å². The maximum Gasteiger partial charge on any atom is 0.335 e. The van der Waals surface area contributed by atoms with Gasteiger partial charge in [-0.2, -0.15) is 5.10 Å². The minimum Gasteiger partial charge on any atom is -0.478 e. The van der Waals surface area contributed by atoms with E-state index in [-0.39, 0.29) is 17.2 Å². The highest BCUT2D eigenvalue weighted by Gasteiger charge is 2.23. The van der Waals surface area contributed by atoms with Crippen LogP contribution in [0.15, 0.2) is 23.1 Å². The maximum absolute atomic E-state index is 12.4. The molecule has 3 heterocycles. The molecular weight excluding hydrogens is 320 g/mol. The van der Waals surface area contributed by atoms with Crippen LogP contribution in [0.1, 0.15) is 34.8 Å². The molecule has 4 rings (SSSR count). The highest BCUT2D eigenvalue weighted by molar-refractivity contribution is 6.06.